The number of rotatable bonds is 6. The van der Waals surface area contributed by atoms with E-state index < -0.39 is 0 Å². The molecule has 1 aromatic carbocycles. The van der Waals surface area contributed by atoms with Gasteiger partial charge in [0.15, 0.2) is 0 Å². The summed E-state index contributed by atoms with van der Waals surface area (Å²) in [7, 11) is 1.85. The number of cyclic esters (lactones) is 1. The molecule has 0 unspecified atom stereocenters. The molecule has 152 valence electrons. The van der Waals surface area contributed by atoms with E-state index in [0.29, 0.717) is 12.2 Å². The van der Waals surface area contributed by atoms with Gasteiger partial charge in [-0.05, 0) is 42.8 Å². The largest absolute Gasteiger partial charge is 0.442 e. The molecule has 5 rings (SSSR count). The van der Waals surface area contributed by atoms with E-state index in [4.69, 9.17) is 4.74 Å². The number of imidazole rings is 1. The van der Waals surface area contributed by atoms with Crippen molar-refractivity contribution in [3.63, 3.8) is 0 Å². The van der Waals surface area contributed by atoms with Crippen LogP contribution in [-0.2, 0) is 17.7 Å². The molecule has 3 aromatic rings. The summed E-state index contributed by atoms with van der Waals surface area (Å²) in [5, 5.41) is 3.09. The molecule has 2 aliphatic rings. The smallest absolute Gasteiger partial charge is 0.415 e. The standard InChI is InChI=1S/C22H21N5O3/c1-23-11-21-19-9-16-8-14(3-5-18(16)27(19)22(29)30-21)15-2-4-17(25-10-15)20(28)12-26-7-6-24-13-26/h2-8,10,13,19,21,23H,9,11-12H2,1H3/t19-,21-/m0/s1. The second-order valence-corrected chi connectivity index (χ2v) is 7.56. The van der Waals surface area contributed by atoms with Crippen LogP contribution >= 0.6 is 0 Å². The number of benzene rings is 1. The van der Waals surface area contributed by atoms with Gasteiger partial charge in [0.05, 0.1) is 24.6 Å². The Morgan fingerprint density at radius 2 is 2.13 bits per heavy atom. The number of amides is 1. The van der Waals surface area contributed by atoms with E-state index in [1.165, 1.54) is 0 Å². The number of Topliss-reactive ketones (excluding diaryl/α,β-unsaturated/α-hetero) is 1. The lowest BCUT2D eigenvalue weighted by molar-refractivity contribution is 0.0967. The van der Waals surface area contributed by atoms with Crippen LogP contribution in [0.3, 0.4) is 0 Å². The number of hydrogen-bond acceptors (Lipinski definition) is 6. The van der Waals surface area contributed by atoms with E-state index >= 15 is 0 Å². The second-order valence-electron chi connectivity index (χ2n) is 7.56. The molecule has 2 aromatic heterocycles. The van der Waals surface area contributed by atoms with Gasteiger partial charge in [-0.3, -0.25) is 14.7 Å². The van der Waals surface area contributed by atoms with E-state index in [2.05, 4.69) is 21.4 Å². The highest BCUT2D eigenvalue weighted by Gasteiger charge is 2.47. The van der Waals surface area contributed by atoms with Crippen molar-refractivity contribution in [3.8, 4) is 11.1 Å². The molecule has 30 heavy (non-hydrogen) atoms. The molecule has 0 aliphatic carbocycles. The number of hydrogen-bond donors (Lipinski definition) is 1. The third-order valence-corrected chi connectivity index (χ3v) is 5.65. The van der Waals surface area contributed by atoms with Gasteiger partial charge in [-0.15, -0.1) is 0 Å². The lowest BCUT2D eigenvalue weighted by Gasteiger charge is -2.16. The first-order chi connectivity index (χ1) is 14.6. The zero-order chi connectivity index (χ0) is 20.7. The second kappa shape index (κ2) is 7.38. The van der Waals surface area contributed by atoms with Crippen LogP contribution in [0.1, 0.15) is 16.1 Å². The van der Waals surface area contributed by atoms with Crippen LogP contribution in [0, 0.1) is 0 Å². The van der Waals surface area contributed by atoms with Crippen LogP contribution in [0.25, 0.3) is 11.1 Å². The average Bonchev–Trinajstić information content (AvgIpc) is 3.46. The van der Waals surface area contributed by atoms with Crippen LogP contribution in [0.15, 0.2) is 55.2 Å². The summed E-state index contributed by atoms with van der Waals surface area (Å²) in [5.41, 5.74) is 4.39. The minimum atomic E-state index is -0.283. The first kappa shape index (κ1) is 18.5. The zero-order valence-electron chi connectivity index (χ0n) is 16.5. The third-order valence-electron chi connectivity index (χ3n) is 5.65. The lowest BCUT2D eigenvalue weighted by Crippen LogP contribution is -2.38. The fourth-order valence-electron chi connectivity index (χ4n) is 4.19. The predicted octanol–water partition coefficient (Wildman–Crippen LogP) is 2.30. The van der Waals surface area contributed by atoms with E-state index in [1.807, 2.05) is 25.2 Å². The fourth-order valence-corrected chi connectivity index (χ4v) is 4.19. The van der Waals surface area contributed by atoms with Crippen molar-refractivity contribution in [3.05, 3.63) is 66.5 Å². The number of ether oxygens (including phenoxy) is 1. The number of anilines is 1. The number of fused-ring (bicyclic) bond motifs is 3. The highest BCUT2D eigenvalue weighted by atomic mass is 16.6. The first-order valence-electron chi connectivity index (χ1n) is 9.87. The van der Waals surface area contributed by atoms with Crippen molar-refractivity contribution in [1.29, 1.82) is 0 Å². The van der Waals surface area contributed by atoms with Gasteiger partial charge in [-0.1, -0.05) is 12.1 Å². The number of ketones is 1. The summed E-state index contributed by atoms with van der Waals surface area (Å²) < 4.78 is 7.21. The maximum Gasteiger partial charge on any atom is 0.415 e. The minimum Gasteiger partial charge on any atom is -0.442 e. The van der Waals surface area contributed by atoms with Gasteiger partial charge >= 0.3 is 6.09 Å². The molecule has 4 heterocycles. The van der Waals surface area contributed by atoms with Crippen LogP contribution in [-0.4, -0.2) is 52.1 Å². The summed E-state index contributed by atoms with van der Waals surface area (Å²) in [6.07, 6.45) is 7.05. The summed E-state index contributed by atoms with van der Waals surface area (Å²) >= 11 is 0. The molecule has 1 fully saturated rings. The van der Waals surface area contributed by atoms with E-state index in [1.54, 1.807) is 40.5 Å². The number of pyridine rings is 1. The van der Waals surface area contributed by atoms with Gasteiger partial charge in [0.2, 0.25) is 5.78 Å². The van der Waals surface area contributed by atoms with Crippen LogP contribution in [0.4, 0.5) is 10.5 Å². The van der Waals surface area contributed by atoms with Crippen molar-refractivity contribution in [1.82, 2.24) is 19.9 Å². The molecule has 1 N–H and O–H groups in total. The summed E-state index contributed by atoms with van der Waals surface area (Å²) in [5.74, 6) is -0.0665. The number of nitrogens with zero attached hydrogens (tertiary/aromatic N) is 4. The Bertz CT molecular complexity index is 1090. The lowest BCUT2D eigenvalue weighted by atomic mass is 10.0. The highest BCUT2D eigenvalue weighted by Crippen LogP contribution is 2.40. The van der Waals surface area contributed by atoms with Crippen molar-refractivity contribution < 1.29 is 14.3 Å². The van der Waals surface area contributed by atoms with Gasteiger partial charge in [-0.2, -0.15) is 0 Å². The molecule has 0 saturated carbocycles. The van der Waals surface area contributed by atoms with Crippen molar-refractivity contribution in [2.45, 2.75) is 25.1 Å². The van der Waals surface area contributed by atoms with Crippen molar-refractivity contribution >= 4 is 17.6 Å². The minimum absolute atomic E-state index is 0.0245. The molecule has 0 radical (unpaired) electrons. The Labute approximate surface area is 173 Å². The number of carbonyl (C=O) groups is 2. The van der Waals surface area contributed by atoms with Gasteiger partial charge in [0.25, 0.3) is 0 Å². The molecule has 0 spiro atoms. The molecule has 0 bridgehead atoms. The van der Waals surface area contributed by atoms with E-state index in [0.717, 1.165) is 28.8 Å². The molecule has 2 atom stereocenters. The van der Waals surface area contributed by atoms with Crippen LogP contribution < -0.4 is 10.2 Å². The van der Waals surface area contributed by atoms with Crippen molar-refractivity contribution in [2.75, 3.05) is 18.5 Å². The topological polar surface area (TPSA) is 89.4 Å². The molecular formula is C22H21N5O3. The third kappa shape index (κ3) is 3.15. The Hall–Kier alpha value is -3.52. The fraction of sp³-hybridized carbons (Fsp3) is 0.273. The number of aromatic nitrogens is 3. The van der Waals surface area contributed by atoms with Crippen LogP contribution in [0.2, 0.25) is 0 Å². The Balaban J connectivity index is 1.36. The van der Waals surface area contributed by atoms with Gasteiger partial charge in [-0.25, -0.2) is 9.78 Å². The van der Waals surface area contributed by atoms with E-state index in [-0.39, 0.29) is 30.6 Å². The number of nitrogens with one attached hydrogen (secondary N) is 1. The monoisotopic (exact) mass is 403 g/mol. The average molecular weight is 403 g/mol. The van der Waals surface area contributed by atoms with Crippen molar-refractivity contribution in [2.24, 2.45) is 0 Å². The highest BCUT2D eigenvalue weighted by molar-refractivity contribution is 5.95. The normalized spacial score (nSPS) is 19.5. The SMILES string of the molecule is CNC[C@@H]1OC(=O)N2c3ccc(-c4ccc(C(=O)Cn5ccnc5)nc4)cc3C[C@@H]12. The quantitative estimate of drug-likeness (QED) is 0.636. The summed E-state index contributed by atoms with van der Waals surface area (Å²) in [6.45, 7) is 0.846. The summed E-state index contributed by atoms with van der Waals surface area (Å²) in [6, 6.07) is 9.72. The molecule has 8 nitrogen and oxygen atoms in total. The predicted molar refractivity (Wildman–Crippen MR) is 110 cm³/mol. The molecular weight excluding hydrogens is 382 g/mol. The Morgan fingerprint density at radius 3 is 2.87 bits per heavy atom. The summed E-state index contributed by atoms with van der Waals surface area (Å²) in [4.78, 5) is 34.7. The number of likely N-dealkylation sites (N-methyl/N-ethyl adjacent to an activating group) is 1. The van der Waals surface area contributed by atoms with Gasteiger partial charge in [0.1, 0.15) is 11.8 Å². The zero-order valence-corrected chi connectivity index (χ0v) is 16.5. The molecule has 1 amide bonds. The van der Waals surface area contributed by atoms with Gasteiger partial charge < -0.3 is 14.6 Å². The maximum atomic E-state index is 12.4. The van der Waals surface area contributed by atoms with Crippen LogP contribution in [0.5, 0.6) is 0 Å². The molecule has 1 saturated heterocycles. The first-order valence-corrected chi connectivity index (χ1v) is 9.87. The molecule has 8 heteroatoms. The Kier molecular flexibility index (Phi) is 4.55. The van der Waals surface area contributed by atoms with Gasteiger partial charge in [0, 0.05) is 30.7 Å². The van der Waals surface area contributed by atoms with E-state index in [9.17, 15) is 9.59 Å². The number of carbonyl (C=O) groups excluding carboxylic acids is 2. The maximum absolute atomic E-state index is 12.4. The molecule has 2 aliphatic heterocycles. The Morgan fingerprint density at radius 1 is 1.27 bits per heavy atom.